The molecule has 0 aliphatic rings. The van der Waals surface area contributed by atoms with Crippen LogP contribution in [-0.4, -0.2) is 4.69 Å². The van der Waals surface area contributed by atoms with Crippen LogP contribution < -0.4 is 0 Å². The third-order valence-corrected chi connectivity index (χ3v) is 2.00. The summed E-state index contributed by atoms with van der Waals surface area (Å²) >= 11 is 6.11. The van der Waals surface area contributed by atoms with E-state index in [2.05, 4.69) is 31.9 Å². The Morgan fingerprint density at radius 1 is 1.40 bits per heavy atom. The van der Waals surface area contributed by atoms with Gasteiger partial charge in [-0.05, 0) is 28.1 Å². The first-order valence-corrected chi connectivity index (χ1v) is 4.24. The molecule has 1 rings (SSSR count). The maximum absolute atomic E-state index is 10.7. The number of halogens is 2. The zero-order valence-corrected chi connectivity index (χ0v) is 8.15. The summed E-state index contributed by atoms with van der Waals surface area (Å²) in [4.78, 5) is 10.7. The molecule has 0 aliphatic carbocycles. The van der Waals surface area contributed by atoms with Crippen molar-refractivity contribution in [2.75, 3.05) is 0 Å². The Morgan fingerprint density at radius 2 is 2.10 bits per heavy atom. The highest BCUT2D eigenvalue weighted by molar-refractivity contribution is 9.18. The van der Waals surface area contributed by atoms with Crippen molar-refractivity contribution in [3.63, 3.8) is 0 Å². The smallest absolute Gasteiger partial charge is 0.228 e. The maximum Gasteiger partial charge on any atom is 0.228 e. The van der Waals surface area contributed by atoms with Crippen molar-refractivity contribution in [2.45, 2.75) is 0 Å². The van der Waals surface area contributed by atoms with Crippen molar-refractivity contribution in [2.24, 2.45) is 0 Å². The average Bonchev–Trinajstić information content (AvgIpc) is 1.88. The van der Waals surface area contributed by atoms with E-state index in [4.69, 9.17) is 0 Å². The highest BCUT2D eigenvalue weighted by atomic mass is 79.9. The minimum Gasteiger partial charge on any atom is -0.281 e. The van der Waals surface area contributed by atoms with Crippen molar-refractivity contribution >= 4 is 36.6 Å². The van der Waals surface area contributed by atoms with E-state index < -0.39 is 0 Å². The van der Waals surface area contributed by atoms with Crippen LogP contribution in [0.1, 0.15) is 10.4 Å². The van der Waals surface area contributed by atoms with Crippen molar-refractivity contribution in [1.82, 2.24) is 0 Å². The molecule has 0 saturated carbocycles. The van der Waals surface area contributed by atoms with Gasteiger partial charge < -0.3 is 0 Å². The first-order chi connectivity index (χ1) is 4.70. The van der Waals surface area contributed by atoms with Gasteiger partial charge in [0.1, 0.15) is 0 Å². The lowest BCUT2D eigenvalue weighted by Crippen LogP contribution is -1.85. The van der Waals surface area contributed by atoms with E-state index in [1.165, 1.54) is 0 Å². The summed E-state index contributed by atoms with van der Waals surface area (Å²) in [5.41, 5.74) is 0.661. The molecule has 0 aliphatic heterocycles. The second-order valence-electron chi connectivity index (χ2n) is 1.78. The van der Waals surface area contributed by atoms with Crippen molar-refractivity contribution in [3.8, 4) is 0 Å². The lowest BCUT2D eigenvalue weighted by molar-refractivity contribution is 0.109. The van der Waals surface area contributed by atoms with E-state index in [0.29, 0.717) is 5.56 Å². The molecule has 0 N–H and O–H groups in total. The quantitative estimate of drug-likeness (QED) is 0.712. The number of hydrogen-bond donors (Lipinski definition) is 0. The van der Waals surface area contributed by atoms with E-state index in [1.807, 2.05) is 12.1 Å². The van der Waals surface area contributed by atoms with Crippen molar-refractivity contribution < 1.29 is 4.79 Å². The molecule has 1 aromatic rings. The molecule has 10 heavy (non-hydrogen) atoms. The summed E-state index contributed by atoms with van der Waals surface area (Å²) in [6.45, 7) is 0. The molecule has 0 fully saturated rings. The van der Waals surface area contributed by atoms with E-state index in [-0.39, 0.29) is 4.69 Å². The van der Waals surface area contributed by atoms with Gasteiger partial charge in [0.25, 0.3) is 0 Å². The van der Waals surface area contributed by atoms with Crippen LogP contribution in [0, 0.1) is 0 Å². The summed E-state index contributed by atoms with van der Waals surface area (Å²) in [6, 6.07) is 7.21. The predicted octanol–water partition coefficient (Wildman–Crippen LogP) is 2.98. The Bertz CT molecular complexity index is 258. The van der Waals surface area contributed by atoms with E-state index in [0.717, 1.165) is 4.47 Å². The van der Waals surface area contributed by atoms with Gasteiger partial charge in [-0.3, -0.25) is 4.79 Å². The fourth-order valence-corrected chi connectivity index (χ4v) is 1.26. The van der Waals surface area contributed by atoms with Crippen LogP contribution in [0.3, 0.4) is 0 Å². The minimum atomic E-state index is -0.0891. The van der Waals surface area contributed by atoms with Gasteiger partial charge in [-0.15, -0.1) is 0 Å². The fraction of sp³-hybridized carbons (Fsp3) is 0. The molecule has 0 spiro atoms. The lowest BCUT2D eigenvalue weighted by atomic mass is 10.2. The number of benzene rings is 1. The Hall–Kier alpha value is -0.150. The summed E-state index contributed by atoms with van der Waals surface area (Å²) in [6.07, 6.45) is 0. The third kappa shape index (κ3) is 1.92. The van der Waals surface area contributed by atoms with E-state index >= 15 is 0 Å². The number of rotatable bonds is 1. The van der Waals surface area contributed by atoms with Gasteiger partial charge in [0.05, 0.1) is 0 Å². The fourth-order valence-electron chi connectivity index (χ4n) is 0.611. The summed E-state index contributed by atoms with van der Waals surface area (Å²) in [5.74, 6) is 0. The Balaban J connectivity index is 3.07. The van der Waals surface area contributed by atoms with Crippen LogP contribution in [0.5, 0.6) is 0 Å². The molecule has 0 radical (unpaired) electrons. The van der Waals surface area contributed by atoms with Crippen LogP contribution >= 0.6 is 31.9 Å². The van der Waals surface area contributed by atoms with Gasteiger partial charge in [0, 0.05) is 10.0 Å². The van der Waals surface area contributed by atoms with Gasteiger partial charge >= 0.3 is 0 Å². The summed E-state index contributed by atoms with van der Waals surface area (Å²) in [5, 5.41) is 0. The molecule has 1 aromatic carbocycles. The Morgan fingerprint density at radius 3 is 2.50 bits per heavy atom. The highest BCUT2D eigenvalue weighted by Gasteiger charge is 1.98. The Labute approximate surface area is 75.7 Å². The molecule has 3 heteroatoms. The molecule has 1 nitrogen and oxygen atoms in total. The van der Waals surface area contributed by atoms with Crippen LogP contribution in [0.15, 0.2) is 28.7 Å². The predicted molar refractivity (Wildman–Crippen MR) is 47.4 cm³/mol. The number of hydrogen-bond acceptors (Lipinski definition) is 1. The van der Waals surface area contributed by atoms with Crippen LogP contribution in [-0.2, 0) is 0 Å². The second kappa shape index (κ2) is 3.30. The largest absolute Gasteiger partial charge is 0.281 e. The molecular formula is C7H4Br2O. The van der Waals surface area contributed by atoms with Gasteiger partial charge in [-0.25, -0.2) is 0 Å². The monoisotopic (exact) mass is 262 g/mol. The lowest BCUT2D eigenvalue weighted by Gasteiger charge is -1.92. The topological polar surface area (TPSA) is 17.1 Å². The average molecular weight is 264 g/mol. The molecule has 0 bridgehead atoms. The molecule has 0 atom stereocenters. The van der Waals surface area contributed by atoms with Crippen molar-refractivity contribution in [1.29, 1.82) is 0 Å². The van der Waals surface area contributed by atoms with Gasteiger partial charge in [0.15, 0.2) is 0 Å². The minimum absolute atomic E-state index is 0.0891. The van der Waals surface area contributed by atoms with Crippen LogP contribution in [0.25, 0.3) is 0 Å². The zero-order valence-electron chi connectivity index (χ0n) is 4.97. The van der Waals surface area contributed by atoms with Crippen molar-refractivity contribution in [3.05, 3.63) is 34.3 Å². The molecule has 0 aromatic heterocycles. The standard InChI is InChI=1S/C7H4Br2O/c8-6-3-1-2-5(4-6)7(9)10/h1-4H. The molecule has 52 valence electrons. The summed E-state index contributed by atoms with van der Waals surface area (Å²) < 4.78 is 0.826. The first-order valence-electron chi connectivity index (χ1n) is 2.65. The summed E-state index contributed by atoms with van der Waals surface area (Å²) in [7, 11) is 0. The normalized spacial score (nSPS) is 9.40. The second-order valence-corrected chi connectivity index (χ2v) is 3.42. The van der Waals surface area contributed by atoms with Crippen LogP contribution in [0.4, 0.5) is 0 Å². The molecule has 0 saturated heterocycles. The van der Waals surface area contributed by atoms with Gasteiger partial charge in [-0.2, -0.15) is 0 Å². The number of carbonyl (C=O) groups is 1. The molecule has 0 heterocycles. The number of carbonyl (C=O) groups excluding carboxylic acids is 1. The maximum atomic E-state index is 10.7. The van der Waals surface area contributed by atoms with Crippen LogP contribution in [0.2, 0.25) is 0 Å². The van der Waals surface area contributed by atoms with E-state index in [1.54, 1.807) is 12.1 Å². The molecule has 0 amide bonds. The SMILES string of the molecule is O=C(Br)c1cccc(Br)c1. The van der Waals surface area contributed by atoms with Gasteiger partial charge in [0.2, 0.25) is 4.69 Å². The Kier molecular flexibility index (Phi) is 2.63. The molecule has 0 unspecified atom stereocenters. The zero-order chi connectivity index (χ0) is 7.56. The highest BCUT2D eigenvalue weighted by Crippen LogP contribution is 2.13. The third-order valence-electron chi connectivity index (χ3n) is 1.05. The van der Waals surface area contributed by atoms with E-state index in [9.17, 15) is 4.79 Å². The molecular weight excluding hydrogens is 260 g/mol. The van der Waals surface area contributed by atoms with Gasteiger partial charge in [-0.1, -0.05) is 28.1 Å². The first kappa shape index (κ1) is 7.95.